The first-order valence-electron chi connectivity index (χ1n) is 14.6. The van der Waals surface area contributed by atoms with Crippen LogP contribution in [0.15, 0.2) is 56.6 Å². The summed E-state index contributed by atoms with van der Waals surface area (Å²) in [5.74, 6) is 4.91. The molecule has 0 unspecified atom stereocenters. The predicted molar refractivity (Wildman–Crippen MR) is 161 cm³/mol. The van der Waals surface area contributed by atoms with Crippen molar-refractivity contribution in [3.8, 4) is 11.8 Å². The fourth-order valence-electron chi connectivity index (χ4n) is 6.25. The molecule has 13 heteroatoms. The van der Waals surface area contributed by atoms with Crippen molar-refractivity contribution in [3.63, 3.8) is 0 Å². The van der Waals surface area contributed by atoms with Crippen molar-refractivity contribution in [2.75, 3.05) is 37.9 Å². The normalized spacial score (nSPS) is 20.1. The van der Waals surface area contributed by atoms with Crippen molar-refractivity contribution in [2.45, 2.75) is 61.9 Å². The molecule has 2 aromatic carbocycles. The van der Waals surface area contributed by atoms with Crippen molar-refractivity contribution >= 4 is 37.5 Å². The van der Waals surface area contributed by atoms with Gasteiger partial charge < -0.3 is 19.0 Å². The molecule has 234 valence electrons. The Bertz CT molecular complexity index is 1900. The number of nitrogens with zero attached hydrogens (tertiary/aromatic N) is 3. The summed E-state index contributed by atoms with van der Waals surface area (Å²) in [7, 11) is -3.51. The average Bonchev–Trinajstić information content (AvgIpc) is 3.49. The summed E-state index contributed by atoms with van der Waals surface area (Å²) in [5, 5.41) is 4.23. The highest BCUT2D eigenvalue weighted by Crippen LogP contribution is 2.33. The maximum absolute atomic E-state index is 13.7. The molecule has 0 atom stereocenters. The van der Waals surface area contributed by atoms with Crippen LogP contribution in [0.25, 0.3) is 22.0 Å². The number of hydrogen-bond acceptors (Lipinski definition) is 7. The van der Waals surface area contributed by atoms with Crippen LogP contribution in [-0.4, -0.2) is 73.3 Å². The van der Waals surface area contributed by atoms with Crippen LogP contribution < -0.4 is 11.1 Å². The van der Waals surface area contributed by atoms with Crippen LogP contribution in [0.1, 0.15) is 31.4 Å². The van der Waals surface area contributed by atoms with Gasteiger partial charge in [-0.25, -0.2) is 13.2 Å². The second-order valence-corrected chi connectivity index (χ2v) is 13.4. The molecule has 0 bridgehead atoms. The molecule has 44 heavy (non-hydrogen) atoms. The molecule has 2 aromatic heterocycles. The minimum atomic E-state index is -4.47. The van der Waals surface area contributed by atoms with Gasteiger partial charge in [0.25, 0.3) is 0 Å². The van der Waals surface area contributed by atoms with E-state index in [1.165, 1.54) is 22.8 Å². The van der Waals surface area contributed by atoms with Crippen molar-refractivity contribution in [1.82, 2.24) is 14.0 Å². The van der Waals surface area contributed by atoms with Gasteiger partial charge in [-0.3, -0.25) is 9.47 Å². The summed E-state index contributed by atoms with van der Waals surface area (Å²) < 4.78 is 77.8. The van der Waals surface area contributed by atoms with E-state index in [0.29, 0.717) is 22.5 Å². The highest BCUT2D eigenvalue weighted by molar-refractivity contribution is 7.90. The lowest BCUT2D eigenvalue weighted by molar-refractivity contribution is -0.140. The Kier molecular flexibility index (Phi) is 8.26. The van der Waals surface area contributed by atoms with Gasteiger partial charge in [0.05, 0.1) is 41.4 Å². The standard InChI is InChI=1S/C31H33F3N4O5S/c1-44(40,41)24-11-12-28-29(19-24)43-30(39)37(28)13-3-4-23-18-25-26(5-2-6-27(25)38(23)20-31(32,33)34)35-21-7-9-22(10-8-21)36-14-16-42-17-15-36/h2,5-6,11-12,18-19,21-22,35H,7-10,13-17,20H2,1H3/t21-,22-. The van der Waals surface area contributed by atoms with Crippen LogP contribution in [0.4, 0.5) is 18.9 Å². The van der Waals surface area contributed by atoms with Gasteiger partial charge in [0.2, 0.25) is 0 Å². The Morgan fingerprint density at radius 1 is 1.00 bits per heavy atom. The lowest BCUT2D eigenvalue weighted by Crippen LogP contribution is -2.46. The largest absolute Gasteiger partial charge is 0.420 e. The number of sulfone groups is 1. The molecule has 2 aliphatic rings. The fraction of sp³-hybridized carbons (Fsp3) is 0.452. The molecule has 0 radical (unpaired) electrons. The lowest BCUT2D eigenvalue weighted by atomic mass is 9.89. The SMILES string of the molecule is CS(=O)(=O)c1ccc2c(c1)oc(=O)n2CC#Cc1cc2c(N[C@H]3CC[C@H](N4CCOCC4)CC3)cccc2n1CC(F)(F)F. The molecule has 2 fully saturated rings. The third-order valence-corrected chi connectivity index (χ3v) is 9.53. The summed E-state index contributed by atoms with van der Waals surface area (Å²) in [6.45, 7) is 2.07. The molecule has 4 aromatic rings. The zero-order chi connectivity index (χ0) is 31.1. The zero-order valence-electron chi connectivity index (χ0n) is 24.2. The number of hydrogen-bond donors (Lipinski definition) is 1. The lowest BCUT2D eigenvalue weighted by Gasteiger charge is -2.39. The summed E-state index contributed by atoms with van der Waals surface area (Å²) in [6, 6.07) is 11.8. The van der Waals surface area contributed by atoms with Crippen LogP contribution in [0.2, 0.25) is 0 Å². The molecule has 1 saturated carbocycles. The van der Waals surface area contributed by atoms with Gasteiger partial charge in [-0.05, 0) is 61.9 Å². The van der Waals surface area contributed by atoms with Gasteiger partial charge >= 0.3 is 11.9 Å². The first-order valence-corrected chi connectivity index (χ1v) is 16.4. The molecule has 1 saturated heterocycles. The van der Waals surface area contributed by atoms with E-state index in [-0.39, 0.29) is 28.8 Å². The van der Waals surface area contributed by atoms with E-state index in [4.69, 9.17) is 9.15 Å². The molecule has 1 N–H and O–H groups in total. The molecule has 0 amide bonds. The van der Waals surface area contributed by atoms with Gasteiger partial charge in [-0.2, -0.15) is 13.2 Å². The monoisotopic (exact) mass is 630 g/mol. The number of rotatable bonds is 6. The number of fused-ring (bicyclic) bond motifs is 2. The minimum absolute atomic E-state index is 0.00297. The number of nitrogens with one attached hydrogen (secondary N) is 1. The zero-order valence-corrected chi connectivity index (χ0v) is 25.0. The van der Waals surface area contributed by atoms with Crippen molar-refractivity contribution in [1.29, 1.82) is 0 Å². The summed E-state index contributed by atoms with van der Waals surface area (Å²) >= 11 is 0. The van der Waals surface area contributed by atoms with Crippen LogP contribution >= 0.6 is 0 Å². The Labute approximate surface area is 252 Å². The van der Waals surface area contributed by atoms with E-state index in [1.54, 1.807) is 18.2 Å². The molecule has 3 heterocycles. The van der Waals surface area contributed by atoms with E-state index < -0.39 is 28.3 Å². The molecular formula is C31H33F3N4O5S. The topological polar surface area (TPSA) is 98.7 Å². The number of ether oxygens (including phenoxy) is 1. The van der Waals surface area contributed by atoms with Crippen molar-refractivity contribution < 1.29 is 30.7 Å². The number of benzene rings is 2. The summed E-state index contributed by atoms with van der Waals surface area (Å²) in [5.41, 5.74) is 1.77. The Balaban J connectivity index is 1.25. The van der Waals surface area contributed by atoms with Crippen molar-refractivity contribution in [3.05, 3.63) is 58.7 Å². The molecule has 1 aliphatic carbocycles. The quantitative estimate of drug-likeness (QED) is 0.311. The number of oxazole rings is 1. The Morgan fingerprint density at radius 2 is 1.75 bits per heavy atom. The maximum atomic E-state index is 13.7. The third-order valence-electron chi connectivity index (χ3n) is 8.42. The first kappa shape index (κ1) is 30.3. The number of alkyl halides is 3. The van der Waals surface area contributed by atoms with E-state index in [1.807, 2.05) is 6.07 Å². The smallest absolute Gasteiger partial charge is 0.408 e. The number of anilines is 1. The number of morpholine rings is 1. The molecule has 9 nitrogen and oxygen atoms in total. The highest BCUT2D eigenvalue weighted by Gasteiger charge is 2.31. The van der Waals surface area contributed by atoms with E-state index in [0.717, 1.165) is 68.5 Å². The summed E-state index contributed by atoms with van der Waals surface area (Å²) in [4.78, 5) is 15.0. The first-order chi connectivity index (χ1) is 21.0. The van der Waals surface area contributed by atoms with Gasteiger partial charge in [-0.15, -0.1) is 0 Å². The number of aromatic nitrogens is 2. The van der Waals surface area contributed by atoms with Crippen LogP contribution in [0.3, 0.4) is 0 Å². The van der Waals surface area contributed by atoms with Gasteiger partial charge in [-0.1, -0.05) is 12.0 Å². The molecule has 6 rings (SSSR count). The highest BCUT2D eigenvalue weighted by atomic mass is 32.2. The van der Waals surface area contributed by atoms with Gasteiger partial charge in [0.15, 0.2) is 15.4 Å². The number of halogens is 3. The van der Waals surface area contributed by atoms with Crippen molar-refractivity contribution in [2.24, 2.45) is 0 Å². The fourth-order valence-corrected chi connectivity index (χ4v) is 6.88. The molecular weight excluding hydrogens is 597 g/mol. The minimum Gasteiger partial charge on any atom is -0.408 e. The second kappa shape index (κ2) is 12.0. The summed E-state index contributed by atoms with van der Waals surface area (Å²) in [6.07, 6.45) is 0.612. The van der Waals surface area contributed by atoms with Gasteiger partial charge in [0.1, 0.15) is 6.54 Å². The Morgan fingerprint density at radius 3 is 2.45 bits per heavy atom. The second-order valence-electron chi connectivity index (χ2n) is 11.4. The average molecular weight is 631 g/mol. The van der Waals surface area contributed by atoms with E-state index >= 15 is 0 Å². The van der Waals surface area contributed by atoms with E-state index in [2.05, 4.69) is 22.1 Å². The Hall–Kier alpha value is -3.73. The van der Waals surface area contributed by atoms with Crippen LogP contribution in [-0.2, 0) is 27.7 Å². The molecule has 1 aliphatic heterocycles. The predicted octanol–water partition coefficient (Wildman–Crippen LogP) is 4.62. The van der Waals surface area contributed by atoms with Crippen LogP contribution in [0.5, 0.6) is 0 Å². The maximum Gasteiger partial charge on any atom is 0.420 e. The van der Waals surface area contributed by atoms with Crippen LogP contribution in [0, 0.1) is 11.8 Å². The third kappa shape index (κ3) is 6.52. The molecule has 0 spiro atoms. The van der Waals surface area contributed by atoms with Gasteiger partial charge in [0, 0.05) is 48.6 Å². The van der Waals surface area contributed by atoms with E-state index in [9.17, 15) is 26.4 Å².